The Morgan fingerprint density at radius 3 is 2.78 bits per heavy atom. The SMILES string of the molecule is CC(CC(=O)NN1CCCCC1)C1CCCNC1. The maximum atomic E-state index is 12.0. The summed E-state index contributed by atoms with van der Waals surface area (Å²) in [6, 6.07) is 0. The molecule has 0 aromatic carbocycles. The van der Waals surface area contributed by atoms with E-state index in [0.29, 0.717) is 18.3 Å². The number of hydrazine groups is 1. The molecule has 4 heteroatoms. The van der Waals surface area contributed by atoms with Gasteiger partial charge in [-0.1, -0.05) is 13.3 Å². The zero-order valence-corrected chi connectivity index (χ0v) is 11.6. The van der Waals surface area contributed by atoms with Crippen molar-refractivity contribution < 1.29 is 4.79 Å². The van der Waals surface area contributed by atoms with Gasteiger partial charge in [0.05, 0.1) is 0 Å². The van der Waals surface area contributed by atoms with Crippen LogP contribution in [0.15, 0.2) is 0 Å². The first-order chi connectivity index (χ1) is 8.75. The van der Waals surface area contributed by atoms with Crippen molar-refractivity contribution in [2.24, 2.45) is 11.8 Å². The molecule has 0 spiro atoms. The van der Waals surface area contributed by atoms with Gasteiger partial charge in [0.25, 0.3) is 0 Å². The van der Waals surface area contributed by atoms with Crippen molar-refractivity contribution in [2.45, 2.75) is 45.4 Å². The molecule has 2 unspecified atom stereocenters. The highest BCUT2D eigenvalue weighted by atomic mass is 16.2. The summed E-state index contributed by atoms with van der Waals surface area (Å²) in [6.07, 6.45) is 6.91. The Balaban J connectivity index is 1.68. The van der Waals surface area contributed by atoms with E-state index < -0.39 is 0 Å². The lowest BCUT2D eigenvalue weighted by molar-refractivity contribution is -0.127. The highest BCUT2D eigenvalue weighted by Gasteiger charge is 2.22. The highest BCUT2D eigenvalue weighted by Crippen LogP contribution is 2.22. The number of carbonyl (C=O) groups excluding carboxylic acids is 1. The van der Waals surface area contributed by atoms with Crippen LogP contribution in [0.4, 0.5) is 0 Å². The zero-order chi connectivity index (χ0) is 12.8. The van der Waals surface area contributed by atoms with Crippen molar-refractivity contribution in [3.05, 3.63) is 0 Å². The van der Waals surface area contributed by atoms with Crippen LogP contribution in [0.25, 0.3) is 0 Å². The molecule has 18 heavy (non-hydrogen) atoms. The minimum absolute atomic E-state index is 0.204. The predicted molar refractivity (Wildman–Crippen MR) is 72.9 cm³/mol. The van der Waals surface area contributed by atoms with Gasteiger partial charge in [-0.3, -0.25) is 10.2 Å². The summed E-state index contributed by atoms with van der Waals surface area (Å²) in [5, 5.41) is 5.52. The lowest BCUT2D eigenvalue weighted by Crippen LogP contribution is -2.46. The molecule has 1 amide bonds. The number of carbonyl (C=O) groups is 1. The smallest absolute Gasteiger partial charge is 0.234 e. The van der Waals surface area contributed by atoms with Gasteiger partial charge in [-0.25, -0.2) is 5.01 Å². The molecule has 2 aliphatic heterocycles. The fourth-order valence-electron chi connectivity index (χ4n) is 3.05. The molecule has 0 aromatic rings. The van der Waals surface area contributed by atoms with Gasteiger partial charge in [0.2, 0.25) is 5.91 Å². The van der Waals surface area contributed by atoms with Crippen molar-refractivity contribution >= 4 is 5.91 Å². The Bertz CT molecular complexity index is 258. The van der Waals surface area contributed by atoms with Gasteiger partial charge < -0.3 is 5.32 Å². The number of hydrogen-bond acceptors (Lipinski definition) is 3. The monoisotopic (exact) mass is 253 g/mol. The standard InChI is InChI=1S/C14H27N3O/c1-12(13-6-5-7-15-11-13)10-14(18)16-17-8-3-2-4-9-17/h12-13,15H,2-11H2,1H3,(H,16,18). The first-order valence-corrected chi connectivity index (χ1v) is 7.51. The first-order valence-electron chi connectivity index (χ1n) is 7.51. The molecular formula is C14H27N3O. The molecule has 104 valence electrons. The quantitative estimate of drug-likeness (QED) is 0.798. The Kier molecular flexibility index (Phi) is 5.45. The second-order valence-corrected chi connectivity index (χ2v) is 5.87. The third-order valence-electron chi connectivity index (χ3n) is 4.29. The average molecular weight is 253 g/mol. The molecule has 4 nitrogen and oxygen atoms in total. The second kappa shape index (κ2) is 7.10. The van der Waals surface area contributed by atoms with E-state index in [1.54, 1.807) is 0 Å². The van der Waals surface area contributed by atoms with E-state index in [0.717, 1.165) is 26.2 Å². The molecule has 2 aliphatic rings. The van der Waals surface area contributed by atoms with Gasteiger partial charge in [-0.15, -0.1) is 0 Å². The Morgan fingerprint density at radius 1 is 1.33 bits per heavy atom. The number of nitrogens with zero attached hydrogens (tertiary/aromatic N) is 1. The Labute approximate surface area is 110 Å². The molecule has 2 heterocycles. The molecule has 2 N–H and O–H groups in total. The third kappa shape index (κ3) is 4.25. The fourth-order valence-corrected chi connectivity index (χ4v) is 3.05. The van der Waals surface area contributed by atoms with Crippen LogP contribution in [0.5, 0.6) is 0 Å². The number of hydrogen-bond donors (Lipinski definition) is 2. The van der Waals surface area contributed by atoms with Crippen LogP contribution in [0.2, 0.25) is 0 Å². The number of amides is 1. The Hall–Kier alpha value is -0.610. The van der Waals surface area contributed by atoms with E-state index in [1.165, 1.54) is 32.1 Å². The van der Waals surface area contributed by atoms with E-state index in [1.807, 2.05) is 0 Å². The highest BCUT2D eigenvalue weighted by molar-refractivity contribution is 5.75. The average Bonchev–Trinajstić information content (AvgIpc) is 2.40. The first kappa shape index (κ1) is 13.8. The van der Waals surface area contributed by atoms with Crippen molar-refractivity contribution in [1.82, 2.24) is 15.8 Å². The molecule has 2 fully saturated rings. The lowest BCUT2D eigenvalue weighted by atomic mass is 9.85. The molecule has 0 aliphatic carbocycles. The van der Waals surface area contributed by atoms with Gasteiger partial charge in [0, 0.05) is 19.5 Å². The second-order valence-electron chi connectivity index (χ2n) is 5.87. The molecule has 2 atom stereocenters. The molecular weight excluding hydrogens is 226 g/mol. The summed E-state index contributed by atoms with van der Waals surface area (Å²) >= 11 is 0. The normalized spacial score (nSPS) is 27.7. The van der Waals surface area contributed by atoms with E-state index >= 15 is 0 Å². The summed E-state index contributed by atoms with van der Waals surface area (Å²) in [4.78, 5) is 12.0. The van der Waals surface area contributed by atoms with Gasteiger partial charge in [-0.05, 0) is 50.6 Å². The molecule has 0 aromatic heterocycles. The summed E-state index contributed by atoms with van der Waals surface area (Å²) in [7, 11) is 0. The molecule has 2 saturated heterocycles. The maximum Gasteiger partial charge on any atom is 0.234 e. The van der Waals surface area contributed by atoms with E-state index in [2.05, 4.69) is 22.7 Å². The van der Waals surface area contributed by atoms with Crippen LogP contribution < -0.4 is 10.7 Å². The van der Waals surface area contributed by atoms with Crippen LogP contribution >= 0.6 is 0 Å². The number of nitrogens with one attached hydrogen (secondary N) is 2. The summed E-state index contributed by atoms with van der Waals surface area (Å²) in [5.41, 5.74) is 3.06. The van der Waals surface area contributed by atoms with Gasteiger partial charge in [0.15, 0.2) is 0 Å². The molecule has 0 radical (unpaired) electrons. The maximum absolute atomic E-state index is 12.0. The summed E-state index contributed by atoms with van der Waals surface area (Å²) < 4.78 is 0. The van der Waals surface area contributed by atoms with Crippen LogP contribution in [0, 0.1) is 11.8 Å². The minimum Gasteiger partial charge on any atom is -0.316 e. The van der Waals surface area contributed by atoms with Crippen molar-refractivity contribution in [2.75, 3.05) is 26.2 Å². The summed E-state index contributed by atoms with van der Waals surface area (Å²) in [6.45, 7) is 6.48. The van der Waals surface area contributed by atoms with Crippen molar-refractivity contribution in [1.29, 1.82) is 0 Å². The van der Waals surface area contributed by atoms with Crippen molar-refractivity contribution in [3.8, 4) is 0 Å². The lowest BCUT2D eigenvalue weighted by Gasteiger charge is -2.30. The fraction of sp³-hybridized carbons (Fsp3) is 0.929. The van der Waals surface area contributed by atoms with Crippen LogP contribution in [0.3, 0.4) is 0 Å². The number of rotatable bonds is 4. The largest absolute Gasteiger partial charge is 0.316 e. The van der Waals surface area contributed by atoms with Crippen LogP contribution in [-0.2, 0) is 4.79 Å². The van der Waals surface area contributed by atoms with Crippen LogP contribution in [0.1, 0.15) is 45.4 Å². The molecule has 0 bridgehead atoms. The van der Waals surface area contributed by atoms with Crippen molar-refractivity contribution in [3.63, 3.8) is 0 Å². The van der Waals surface area contributed by atoms with E-state index in [-0.39, 0.29) is 5.91 Å². The number of piperidine rings is 2. The molecule has 2 rings (SSSR count). The third-order valence-corrected chi connectivity index (χ3v) is 4.29. The van der Waals surface area contributed by atoms with Gasteiger partial charge in [-0.2, -0.15) is 0 Å². The Morgan fingerprint density at radius 2 is 2.11 bits per heavy atom. The van der Waals surface area contributed by atoms with E-state index in [4.69, 9.17) is 0 Å². The summed E-state index contributed by atoms with van der Waals surface area (Å²) in [5.74, 6) is 1.36. The van der Waals surface area contributed by atoms with Gasteiger partial charge >= 0.3 is 0 Å². The zero-order valence-electron chi connectivity index (χ0n) is 11.6. The van der Waals surface area contributed by atoms with E-state index in [9.17, 15) is 4.79 Å². The minimum atomic E-state index is 0.204. The predicted octanol–water partition coefficient (Wildman–Crippen LogP) is 1.53. The topological polar surface area (TPSA) is 44.4 Å². The van der Waals surface area contributed by atoms with Crippen LogP contribution in [-0.4, -0.2) is 37.1 Å². The van der Waals surface area contributed by atoms with Gasteiger partial charge in [0.1, 0.15) is 0 Å². The molecule has 0 saturated carbocycles.